The van der Waals surface area contributed by atoms with Gasteiger partial charge in [-0.25, -0.2) is 9.78 Å². The number of aromatic nitrogens is 4. The standard InChI is InChI=1S/C19H14BrN5O3S/c1-25-14-7-4-11(20)8-13(14)16-17(25)22-19(24-23-16)29-9-15(26)21-12-5-2-10(3-6-12)18(27)28/h2-8H,9H2,1H3,(H,21,26)(H,27,28). The molecule has 2 heterocycles. The maximum absolute atomic E-state index is 12.2. The van der Waals surface area contributed by atoms with E-state index in [0.717, 1.165) is 15.4 Å². The van der Waals surface area contributed by atoms with Gasteiger partial charge in [-0.15, -0.1) is 10.2 Å². The third kappa shape index (κ3) is 3.94. The lowest BCUT2D eigenvalue weighted by molar-refractivity contribution is -0.113. The van der Waals surface area contributed by atoms with E-state index in [-0.39, 0.29) is 17.2 Å². The number of thioether (sulfide) groups is 1. The van der Waals surface area contributed by atoms with E-state index in [2.05, 4.69) is 36.4 Å². The van der Waals surface area contributed by atoms with E-state index in [9.17, 15) is 9.59 Å². The number of carboxylic acids is 1. The molecule has 8 nitrogen and oxygen atoms in total. The lowest BCUT2D eigenvalue weighted by Crippen LogP contribution is -2.14. The Labute approximate surface area is 177 Å². The first-order chi connectivity index (χ1) is 13.9. The van der Waals surface area contributed by atoms with E-state index in [0.29, 0.717) is 22.0 Å². The molecule has 1 amide bonds. The van der Waals surface area contributed by atoms with Crippen LogP contribution in [0.5, 0.6) is 0 Å². The number of carbonyl (C=O) groups is 2. The van der Waals surface area contributed by atoms with Gasteiger partial charge in [-0.05, 0) is 42.5 Å². The lowest BCUT2D eigenvalue weighted by Gasteiger charge is -2.05. The molecule has 0 atom stereocenters. The number of amides is 1. The van der Waals surface area contributed by atoms with Gasteiger partial charge >= 0.3 is 5.97 Å². The van der Waals surface area contributed by atoms with Crippen molar-refractivity contribution in [2.45, 2.75) is 5.16 Å². The number of hydrogen-bond acceptors (Lipinski definition) is 6. The van der Waals surface area contributed by atoms with Crippen molar-refractivity contribution < 1.29 is 14.7 Å². The molecule has 0 bridgehead atoms. The zero-order valence-corrected chi connectivity index (χ0v) is 17.5. The Kier molecular flexibility index (Phi) is 5.20. The summed E-state index contributed by atoms with van der Waals surface area (Å²) in [6, 6.07) is 11.9. The van der Waals surface area contributed by atoms with E-state index in [1.807, 2.05) is 29.8 Å². The quantitative estimate of drug-likeness (QED) is 0.426. The number of nitrogens with one attached hydrogen (secondary N) is 1. The summed E-state index contributed by atoms with van der Waals surface area (Å²) in [5, 5.41) is 21.4. The smallest absolute Gasteiger partial charge is 0.335 e. The second-order valence-electron chi connectivity index (χ2n) is 6.21. The normalized spacial score (nSPS) is 11.1. The topological polar surface area (TPSA) is 110 Å². The lowest BCUT2D eigenvalue weighted by atomic mass is 10.2. The monoisotopic (exact) mass is 471 g/mol. The minimum Gasteiger partial charge on any atom is -0.478 e. The molecule has 0 radical (unpaired) electrons. The number of carbonyl (C=O) groups excluding carboxylic acids is 1. The molecule has 4 aromatic rings. The second kappa shape index (κ2) is 7.80. The number of carboxylic acid groups (broad SMARTS) is 1. The zero-order valence-electron chi connectivity index (χ0n) is 15.1. The number of benzene rings is 2. The molecule has 0 aliphatic carbocycles. The summed E-state index contributed by atoms with van der Waals surface area (Å²) < 4.78 is 2.89. The minimum atomic E-state index is -1.01. The van der Waals surface area contributed by atoms with Gasteiger partial charge in [0.2, 0.25) is 11.1 Å². The Morgan fingerprint density at radius 1 is 1.17 bits per heavy atom. The average Bonchev–Trinajstić information content (AvgIpc) is 2.98. The molecule has 2 aromatic heterocycles. The number of anilines is 1. The summed E-state index contributed by atoms with van der Waals surface area (Å²) >= 11 is 4.64. The summed E-state index contributed by atoms with van der Waals surface area (Å²) in [5.74, 6) is -1.16. The van der Waals surface area contributed by atoms with E-state index in [1.165, 1.54) is 23.9 Å². The molecule has 4 rings (SSSR count). The van der Waals surface area contributed by atoms with Crippen LogP contribution in [0.25, 0.3) is 22.1 Å². The second-order valence-corrected chi connectivity index (χ2v) is 8.06. The van der Waals surface area contributed by atoms with Crippen LogP contribution in [0.3, 0.4) is 0 Å². The van der Waals surface area contributed by atoms with Gasteiger partial charge in [0.25, 0.3) is 0 Å². The molecule has 146 valence electrons. The van der Waals surface area contributed by atoms with Crippen LogP contribution in [0.1, 0.15) is 10.4 Å². The fourth-order valence-electron chi connectivity index (χ4n) is 2.90. The fraction of sp³-hybridized carbons (Fsp3) is 0.105. The van der Waals surface area contributed by atoms with Gasteiger partial charge in [-0.1, -0.05) is 27.7 Å². The van der Waals surface area contributed by atoms with Gasteiger partial charge in [-0.2, -0.15) is 0 Å². The van der Waals surface area contributed by atoms with Crippen molar-refractivity contribution in [3.8, 4) is 0 Å². The fourth-order valence-corrected chi connectivity index (χ4v) is 3.84. The molecule has 0 aliphatic heterocycles. The number of fused-ring (bicyclic) bond motifs is 3. The first-order valence-corrected chi connectivity index (χ1v) is 10.2. The Balaban J connectivity index is 1.48. The highest BCUT2D eigenvalue weighted by atomic mass is 79.9. The van der Waals surface area contributed by atoms with Crippen LogP contribution in [0.4, 0.5) is 5.69 Å². The Morgan fingerprint density at radius 2 is 1.93 bits per heavy atom. The zero-order chi connectivity index (χ0) is 20.5. The molecule has 0 saturated heterocycles. The Bertz CT molecular complexity index is 1260. The van der Waals surface area contributed by atoms with Crippen molar-refractivity contribution in [3.05, 3.63) is 52.5 Å². The van der Waals surface area contributed by atoms with Gasteiger partial charge < -0.3 is 15.0 Å². The summed E-state index contributed by atoms with van der Waals surface area (Å²) in [5.41, 5.74) is 3.08. The number of rotatable bonds is 5. The SMILES string of the molecule is Cn1c2ccc(Br)cc2c2nnc(SCC(=O)Nc3ccc(C(=O)O)cc3)nc21. The summed E-state index contributed by atoms with van der Waals surface area (Å²) in [7, 11) is 1.91. The number of halogens is 1. The largest absolute Gasteiger partial charge is 0.478 e. The van der Waals surface area contributed by atoms with Crippen molar-refractivity contribution >= 4 is 67.3 Å². The highest BCUT2D eigenvalue weighted by Gasteiger charge is 2.14. The number of nitrogens with zero attached hydrogens (tertiary/aromatic N) is 4. The van der Waals surface area contributed by atoms with Crippen LogP contribution >= 0.6 is 27.7 Å². The molecule has 10 heteroatoms. The van der Waals surface area contributed by atoms with E-state index in [4.69, 9.17) is 5.11 Å². The Hall–Kier alpha value is -2.98. The number of hydrogen-bond donors (Lipinski definition) is 2. The molecule has 2 aromatic carbocycles. The maximum Gasteiger partial charge on any atom is 0.335 e. The van der Waals surface area contributed by atoms with E-state index < -0.39 is 5.97 Å². The van der Waals surface area contributed by atoms with Crippen molar-refractivity contribution in [3.63, 3.8) is 0 Å². The molecular formula is C19H14BrN5O3S. The van der Waals surface area contributed by atoms with Crippen LogP contribution in [0, 0.1) is 0 Å². The van der Waals surface area contributed by atoms with Gasteiger partial charge in [0.15, 0.2) is 5.65 Å². The van der Waals surface area contributed by atoms with Crippen LogP contribution in [-0.4, -0.2) is 42.5 Å². The highest BCUT2D eigenvalue weighted by molar-refractivity contribution is 9.10. The van der Waals surface area contributed by atoms with Gasteiger partial charge in [-0.3, -0.25) is 4.79 Å². The predicted octanol–water partition coefficient (Wildman–Crippen LogP) is 3.71. The molecule has 0 spiro atoms. The maximum atomic E-state index is 12.2. The highest BCUT2D eigenvalue weighted by Crippen LogP contribution is 2.28. The molecule has 0 fully saturated rings. The molecule has 0 unspecified atom stereocenters. The van der Waals surface area contributed by atoms with Crippen molar-refractivity contribution in [2.24, 2.45) is 7.05 Å². The Morgan fingerprint density at radius 3 is 2.66 bits per heavy atom. The van der Waals surface area contributed by atoms with Crippen LogP contribution in [-0.2, 0) is 11.8 Å². The first kappa shape index (κ1) is 19.3. The average molecular weight is 472 g/mol. The van der Waals surface area contributed by atoms with E-state index >= 15 is 0 Å². The van der Waals surface area contributed by atoms with Crippen LogP contribution in [0.15, 0.2) is 52.1 Å². The van der Waals surface area contributed by atoms with Crippen molar-refractivity contribution in [1.29, 1.82) is 0 Å². The van der Waals surface area contributed by atoms with Crippen LogP contribution < -0.4 is 5.32 Å². The van der Waals surface area contributed by atoms with E-state index in [1.54, 1.807) is 12.1 Å². The summed E-state index contributed by atoms with van der Waals surface area (Å²) in [4.78, 5) is 27.6. The molecule has 0 aliphatic rings. The third-order valence-corrected chi connectivity index (χ3v) is 5.62. The third-order valence-electron chi connectivity index (χ3n) is 4.29. The minimum absolute atomic E-state index is 0.101. The molecular weight excluding hydrogens is 458 g/mol. The van der Waals surface area contributed by atoms with Gasteiger partial charge in [0.05, 0.1) is 16.8 Å². The van der Waals surface area contributed by atoms with Gasteiger partial charge in [0, 0.05) is 22.6 Å². The van der Waals surface area contributed by atoms with Crippen molar-refractivity contribution in [2.75, 3.05) is 11.1 Å². The predicted molar refractivity (Wildman–Crippen MR) is 114 cm³/mol. The molecule has 2 N–H and O–H groups in total. The van der Waals surface area contributed by atoms with Crippen molar-refractivity contribution in [1.82, 2.24) is 19.7 Å². The summed E-state index contributed by atoms with van der Waals surface area (Å²) in [6.45, 7) is 0. The number of aryl methyl sites for hydroxylation is 1. The van der Waals surface area contributed by atoms with Crippen LogP contribution in [0.2, 0.25) is 0 Å². The number of aromatic carboxylic acids is 1. The molecule has 0 saturated carbocycles. The first-order valence-electron chi connectivity index (χ1n) is 8.47. The molecule has 29 heavy (non-hydrogen) atoms. The summed E-state index contributed by atoms with van der Waals surface area (Å²) in [6.07, 6.45) is 0. The van der Waals surface area contributed by atoms with Gasteiger partial charge in [0.1, 0.15) is 5.52 Å².